The summed E-state index contributed by atoms with van der Waals surface area (Å²) in [5.74, 6) is -2.61. The fourth-order valence-electron chi connectivity index (χ4n) is 5.41. The number of carboxylic acid groups (broad SMARTS) is 2. The summed E-state index contributed by atoms with van der Waals surface area (Å²) in [6, 6.07) is 5.46. The Labute approximate surface area is 231 Å². The van der Waals surface area contributed by atoms with Crippen LogP contribution in [0.25, 0.3) is 5.69 Å². The van der Waals surface area contributed by atoms with Gasteiger partial charge in [-0.2, -0.15) is 28.2 Å². The van der Waals surface area contributed by atoms with Crippen molar-refractivity contribution < 1.29 is 37.7 Å². The van der Waals surface area contributed by atoms with Crippen LogP contribution in [0.4, 0.5) is 24.9 Å². The highest BCUT2D eigenvalue weighted by molar-refractivity contribution is 5.88. The van der Waals surface area contributed by atoms with Crippen molar-refractivity contribution in [2.75, 3.05) is 30.3 Å². The van der Waals surface area contributed by atoms with Gasteiger partial charge in [-0.25, -0.2) is 9.48 Å². The van der Waals surface area contributed by atoms with Gasteiger partial charge in [-0.15, -0.1) is 0 Å². The van der Waals surface area contributed by atoms with E-state index in [1.807, 2.05) is 4.90 Å². The number of aryl methyl sites for hydroxylation is 1. The number of halogens is 3. The van der Waals surface area contributed by atoms with Crippen LogP contribution in [0.1, 0.15) is 47.0 Å². The highest BCUT2D eigenvalue weighted by Gasteiger charge is 2.46. The van der Waals surface area contributed by atoms with Crippen LogP contribution in [0.15, 0.2) is 36.5 Å². The molecule has 2 saturated heterocycles. The van der Waals surface area contributed by atoms with E-state index in [9.17, 15) is 33.0 Å². The van der Waals surface area contributed by atoms with Crippen LogP contribution in [-0.4, -0.2) is 73.8 Å². The number of carboxylic acids is 2. The third kappa shape index (κ3) is 5.89. The van der Waals surface area contributed by atoms with Crippen molar-refractivity contribution in [3.63, 3.8) is 0 Å². The van der Waals surface area contributed by atoms with Crippen molar-refractivity contribution in [3.8, 4) is 11.6 Å². The number of aliphatic carboxylic acids is 1. The first-order chi connectivity index (χ1) is 19.3. The Morgan fingerprint density at radius 3 is 2.49 bits per heavy atom. The molecule has 2 aromatic heterocycles. The van der Waals surface area contributed by atoms with Gasteiger partial charge in [0.15, 0.2) is 0 Å². The molecule has 2 aliphatic rings. The SMILES string of the molecule is Cc1ccn(-c2cc(C(=O)O)ccc2[C@@H](Oc2cc(N3CCC4(CC3)CN[C@H](C(=O)O)C4)nc(N)n2)C(F)(F)F)n1. The summed E-state index contributed by atoms with van der Waals surface area (Å²) in [7, 11) is 0. The first-order valence-corrected chi connectivity index (χ1v) is 12.8. The van der Waals surface area contributed by atoms with E-state index in [1.54, 1.807) is 13.0 Å². The van der Waals surface area contributed by atoms with E-state index in [-0.39, 0.29) is 34.0 Å². The summed E-state index contributed by atoms with van der Waals surface area (Å²) >= 11 is 0. The quantitative estimate of drug-likeness (QED) is 0.327. The van der Waals surface area contributed by atoms with Gasteiger partial charge in [0.1, 0.15) is 11.9 Å². The molecular weight excluding hydrogens is 547 g/mol. The fraction of sp³-hybridized carbons (Fsp3) is 0.423. The Bertz CT molecular complexity index is 1470. The van der Waals surface area contributed by atoms with Gasteiger partial charge in [-0.3, -0.25) is 4.79 Å². The number of ether oxygens (including phenoxy) is 1. The van der Waals surface area contributed by atoms with Crippen molar-refractivity contribution in [2.24, 2.45) is 5.41 Å². The van der Waals surface area contributed by atoms with Gasteiger partial charge < -0.3 is 30.9 Å². The number of nitrogens with two attached hydrogens (primary N) is 1. The lowest BCUT2D eigenvalue weighted by molar-refractivity contribution is -0.198. The van der Waals surface area contributed by atoms with E-state index in [1.165, 1.54) is 12.3 Å². The fourth-order valence-corrected chi connectivity index (χ4v) is 5.41. The molecule has 0 saturated carbocycles. The third-order valence-electron chi connectivity index (χ3n) is 7.58. The Hall–Kier alpha value is -4.40. The molecule has 5 rings (SSSR count). The number of nitrogen functional groups attached to an aromatic ring is 1. The lowest BCUT2D eigenvalue weighted by Crippen LogP contribution is -2.41. The molecule has 1 aromatic carbocycles. The first-order valence-electron chi connectivity index (χ1n) is 12.8. The van der Waals surface area contributed by atoms with Crippen LogP contribution in [0, 0.1) is 12.3 Å². The predicted molar refractivity (Wildman–Crippen MR) is 139 cm³/mol. The minimum atomic E-state index is -4.92. The Balaban J connectivity index is 1.43. The maximum atomic E-state index is 14.5. The smallest absolute Gasteiger partial charge is 0.429 e. The highest BCUT2D eigenvalue weighted by Crippen LogP contribution is 2.42. The number of carbonyl (C=O) groups is 2. The minimum absolute atomic E-state index is 0.117. The molecule has 3 aromatic rings. The van der Waals surface area contributed by atoms with Gasteiger partial charge in [0.25, 0.3) is 0 Å². The molecule has 5 N–H and O–H groups in total. The third-order valence-corrected chi connectivity index (χ3v) is 7.58. The van der Waals surface area contributed by atoms with Crippen LogP contribution in [0.3, 0.4) is 0 Å². The highest BCUT2D eigenvalue weighted by atomic mass is 19.4. The predicted octanol–water partition coefficient (Wildman–Crippen LogP) is 2.97. The maximum absolute atomic E-state index is 14.5. The zero-order valence-corrected chi connectivity index (χ0v) is 21.9. The van der Waals surface area contributed by atoms with Crippen LogP contribution in [0.2, 0.25) is 0 Å². The lowest BCUT2D eigenvalue weighted by Gasteiger charge is -2.39. The van der Waals surface area contributed by atoms with Crippen molar-refractivity contribution in [2.45, 2.75) is 44.5 Å². The number of piperidine rings is 1. The topological polar surface area (TPSA) is 169 Å². The molecule has 4 heterocycles. The van der Waals surface area contributed by atoms with E-state index in [0.29, 0.717) is 44.6 Å². The summed E-state index contributed by atoms with van der Waals surface area (Å²) in [5.41, 5.74) is 5.50. The molecule has 2 fully saturated rings. The molecule has 1 spiro atoms. The van der Waals surface area contributed by atoms with Gasteiger partial charge in [0.2, 0.25) is 17.9 Å². The molecule has 12 nitrogen and oxygen atoms in total. The molecule has 2 atom stereocenters. The maximum Gasteiger partial charge on any atom is 0.429 e. The molecule has 2 aliphatic heterocycles. The number of hydrogen-bond acceptors (Lipinski definition) is 9. The van der Waals surface area contributed by atoms with Crippen molar-refractivity contribution in [1.82, 2.24) is 25.1 Å². The van der Waals surface area contributed by atoms with Crippen LogP contribution in [-0.2, 0) is 4.79 Å². The van der Waals surface area contributed by atoms with Crippen molar-refractivity contribution in [1.29, 1.82) is 0 Å². The lowest BCUT2D eigenvalue weighted by atomic mass is 9.76. The van der Waals surface area contributed by atoms with Gasteiger partial charge in [0.05, 0.1) is 16.9 Å². The number of hydrogen-bond donors (Lipinski definition) is 4. The number of benzene rings is 1. The van der Waals surface area contributed by atoms with Crippen molar-refractivity contribution >= 4 is 23.7 Å². The zero-order chi connectivity index (χ0) is 29.5. The Kier molecular flexibility index (Phi) is 7.23. The second kappa shape index (κ2) is 10.5. The number of nitrogens with one attached hydrogen (secondary N) is 1. The van der Waals surface area contributed by atoms with Crippen LogP contribution < -0.4 is 20.7 Å². The molecule has 0 aliphatic carbocycles. The Morgan fingerprint density at radius 2 is 1.90 bits per heavy atom. The molecule has 15 heteroatoms. The number of aromatic nitrogens is 4. The summed E-state index contributed by atoms with van der Waals surface area (Å²) < 4.78 is 50.0. The number of aromatic carboxylic acids is 1. The molecule has 0 amide bonds. The second-order valence-corrected chi connectivity index (χ2v) is 10.4. The molecule has 41 heavy (non-hydrogen) atoms. The number of rotatable bonds is 7. The Morgan fingerprint density at radius 1 is 1.17 bits per heavy atom. The molecular formula is C26H28F3N7O5. The van der Waals surface area contributed by atoms with Gasteiger partial charge >= 0.3 is 18.1 Å². The van der Waals surface area contributed by atoms with E-state index in [4.69, 9.17) is 10.5 Å². The average molecular weight is 576 g/mol. The number of anilines is 2. The summed E-state index contributed by atoms with van der Waals surface area (Å²) in [6.45, 7) is 3.21. The molecule has 218 valence electrons. The normalized spacial score (nSPS) is 19.3. The summed E-state index contributed by atoms with van der Waals surface area (Å²) in [4.78, 5) is 32.9. The zero-order valence-electron chi connectivity index (χ0n) is 21.9. The van der Waals surface area contributed by atoms with E-state index in [2.05, 4.69) is 20.4 Å². The largest absolute Gasteiger partial charge is 0.480 e. The molecule has 0 unspecified atom stereocenters. The standard InChI is InChI=1S/C26H28F3N7O5/c1-14-4-7-36(34-14)18-10-15(22(37)38)2-3-16(18)21(26(27,28)29)41-20-11-19(32-24(30)33-20)35-8-5-25(6-9-35)12-17(23(39)40)31-13-25/h2-4,7,10-11,17,21,31H,5-6,8-9,12-13H2,1H3,(H,37,38)(H,39,40)(H2,30,32,33)/t17-,21+/m0/s1. The van der Waals surface area contributed by atoms with Gasteiger partial charge in [-0.1, -0.05) is 6.07 Å². The monoisotopic (exact) mass is 575 g/mol. The van der Waals surface area contributed by atoms with E-state index < -0.39 is 36.1 Å². The van der Waals surface area contributed by atoms with Gasteiger partial charge in [0, 0.05) is 37.5 Å². The second-order valence-electron chi connectivity index (χ2n) is 10.4. The van der Waals surface area contributed by atoms with Crippen LogP contribution in [0.5, 0.6) is 5.88 Å². The molecule has 0 radical (unpaired) electrons. The first kappa shape index (κ1) is 28.1. The summed E-state index contributed by atoms with van der Waals surface area (Å²) in [5, 5.41) is 25.9. The number of alkyl halides is 3. The van der Waals surface area contributed by atoms with Crippen LogP contribution >= 0.6 is 0 Å². The minimum Gasteiger partial charge on any atom is -0.480 e. The number of nitrogens with zero attached hydrogens (tertiary/aromatic N) is 5. The van der Waals surface area contributed by atoms with E-state index in [0.717, 1.165) is 22.9 Å². The molecule has 0 bridgehead atoms. The van der Waals surface area contributed by atoms with E-state index >= 15 is 0 Å². The summed E-state index contributed by atoms with van der Waals surface area (Å²) in [6.07, 6.45) is -4.20. The van der Waals surface area contributed by atoms with Crippen molar-refractivity contribution in [3.05, 3.63) is 53.3 Å². The average Bonchev–Trinajstić information content (AvgIpc) is 3.53. The van der Waals surface area contributed by atoms with Gasteiger partial charge in [-0.05, 0) is 49.8 Å².